The Morgan fingerprint density at radius 3 is 2.10 bits per heavy atom. The van der Waals surface area contributed by atoms with Crippen molar-refractivity contribution >= 4 is 21.3 Å². The third-order valence-corrected chi connectivity index (χ3v) is 15.2. The third kappa shape index (κ3) is 4.78. The lowest BCUT2D eigenvalue weighted by Crippen LogP contribution is -2.50. The van der Waals surface area contributed by atoms with E-state index < -0.39 is 16.1 Å². The molecule has 1 aromatic carbocycles. The summed E-state index contributed by atoms with van der Waals surface area (Å²) < 4.78 is 6.47. The van der Waals surface area contributed by atoms with Crippen molar-refractivity contribution in [2.24, 2.45) is 0 Å². The summed E-state index contributed by atoms with van der Waals surface area (Å²) in [5.41, 5.74) is 4.56. The van der Waals surface area contributed by atoms with E-state index in [0.717, 1.165) is 5.75 Å². The highest BCUT2D eigenvalue weighted by Crippen LogP contribution is 2.45. The van der Waals surface area contributed by atoms with E-state index in [1.165, 1.54) is 21.9 Å². The van der Waals surface area contributed by atoms with Gasteiger partial charge in [0.25, 0.3) is 0 Å². The van der Waals surface area contributed by atoms with Gasteiger partial charge in [0.2, 0.25) is 0 Å². The zero-order valence-corrected chi connectivity index (χ0v) is 23.4. The second-order valence-electron chi connectivity index (χ2n) is 12.2. The zero-order chi connectivity index (χ0) is 23.1. The molecule has 0 amide bonds. The number of aryl methyl sites for hydroxylation is 1. The molecule has 1 atom stereocenters. The Hall–Kier alpha value is -1.33. The SMILES string of the molecule is C=CCOc1c(C(C)(C)C2=CC([Si](C)(C)C)C=C2)cc(C)cc1[Si](C)(C)C(C)(C)C. The van der Waals surface area contributed by atoms with Crippen LogP contribution in [0.2, 0.25) is 43.3 Å². The minimum Gasteiger partial charge on any atom is -0.489 e. The molecule has 2 rings (SSSR count). The molecule has 0 N–H and O–H groups in total. The highest BCUT2D eigenvalue weighted by molar-refractivity contribution is 6.92. The first-order chi connectivity index (χ1) is 13.5. The molecule has 1 nitrogen and oxygen atoms in total. The smallest absolute Gasteiger partial charge is 0.123 e. The Balaban J connectivity index is 2.73. The average molecular weight is 441 g/mol. The summed E-state index contributed by atoms with van der Waals surface area (Å²) in [5, 5.41) is 1.67. The van der Waals surface area contributed by atoms with Gasteiger partial charge in [0, 0.05) is 11.0 Å². The molecule has 0 fully saturated rings. The van der Waals surface area contributed by atoms with E-state index in [2.05, 4.69) is 111 Å². The van der Waals surface area contributed by atoms with E-state index in [0.29, 0.717) is 12.1 Å². The van der Waals surface area contributed by atoms with E-state index in [9.17, 15) is 0 Å². The van der Waals surface area contributed by atoms with Gasteiger partial charge in [0.1, 0.15) is 12.4 Å². The molecule has 0 heterocycles. The molecular weight excluding hydrogens is 396 g/mol. The number of allylic oxidation sites excluding steroid dienone is 4. The van der Waals surface area contributed by atoms with Gasteiger partial charge in [-0.3, -0.25) is 0 Å². The van der Waals surface area contributed by atoms with Gasteiger partial charge >= 0.3 is 0 Å². The first-order valence-corrected chi connectivity index (χ1v) is 17.9. The van der Waals surface area contributed by atoms with Crippen LogP contribution < -0.4 is 9.92 Å². The molecule has 30 heavy (non-hydrogen) atoms. The van der Waals surface area contributed by atoms with Crippen LogP contribution in [0.15, 0.2) is 48.6 Å². The predicted molar refractivity (Wildman–Crippen MR) is 141 cm³/mol. The van der Waals surface area contributed by atoms with Crippen molar-refractivity contribution in [3.63, 3.8) is 0 Å². The predicted octanol–water partition coefficient (Wildman–Crippen LogP) is 7.76. The summed E-state index contributed by atoms with van der Waals surface area (Å²) >= 11 is 0. The van der Waals surface area contributed by atoms with E-state index in [1.807, 2.05) is 6.08 Å². The Morgan fingerprint density at radius 2 is 1.63 bits per heavy atom. The van der Waals surface area contributed by atoms with Gasteiger partial charge in [-0.25, -0.2) is 0 Å². The van der Waals surface area contributed by atoms with Crippen LogP contribution in [0.25, 0.3) is 0 Å². The standard InChI is InChI=1S/C27H44OSi2/c1-13-16-28-25-23(17-20(2)18-24(25)30(11,12)26(3,4)5)27(6,7)21-14-15-22(19-21)29(8,9)10/h13-15,17-19,22H,1,16H2,2-12H3. The van der Waals surface area contributed by atoms with Crippen LogP contribution in [0.3, 0.4) is 0 Å². The fraction of sp³-hybridized carbons (Fsp3) is 0.556. The highest BCUT2D eigenvalue weighted by Gasteiger charge is 2.42. The average Bonchev–Trinajstić information content (AvgIpc) is 3.10. The molecule has 0 bridgehead atoms. The summed E-state index contributed by atoms with van der Waals surface area (Å²) in [6, 6.07) is 4.74. The van der Waals surface area contributed by atoms with Gasteiger partial charge in [-0.05, 0) is 28.3 Å². The van der Waals surface area contributed by atoms with Crippen LogP contribution in [-0.2, 0) is 5.41 Å². The van der Waals surface area contributed by atoms with Crippen LogP contribution in [-0.4, -0.2) is 22.8 Å². The summed E-state index contributed by atoms with van der Waals surface area (Å²) in [7, 11) is -3.05. The molecule has 1 aliphatic rings. The zero-order valence-electron chi connectivity index (χ0n) is 21.4. The Morgan fingerprint density at radius 1 is 1.03 bits per heavy atom. The van der Waals surface area contributed by atoms with Gasteiger partial charge in [0.05, 0.1) is 16.1 Å². The van der Waals surface area contributed by atoms with Crippen LogP contribution in [0.4, 0.5) is 0 Å². The van der Waals surface area contributed by atoms with E-state index in [-0.39, 0.29) is 10.5 Å². The molecular formula is C27H44OSi2. The molecule has 0 aliphatic heterocycles. The summed E-state index contributed by atoms with van der Waals surface area (Å²) in [6.07, 6.45) is 9.19. The van der Waals surface area contributed by atoms with E-state index in [4.69, 9.17) is 4.74 Å². The topological polar surface area (TPSA) is 9.23 Å². The van der Waals surface area contributed by atoms with Crippen molar-refractivity contribution in [1.82, 2.24) is 0 Å². The van der Waals surface area contributed by atoms with Crippen LogP contribution in [0.5, 0.6) is 5.75 Å². The third-order valence-electron chi connectivity index (χ3n) is 7.36. The lowest BCUT2D eigenvalue weighted by atomic mass is 9.77. The molecule has 0 saturated carbocycles. The molecule has 166 valence electrons. The summed E-state index contributed by atoms with van der Waals surface area (Å²) in [4.78, 5) is 0. The van der Waals surface area contributed by atoms with E-state index >= 15 is 0 Å². The molecule has 0 saturated heterocycles. The Labute approximate surface area is 188 Å². The van der Waals surface area contributed by atoms with E-state index in [1.54, 1.807) is 0 Å². The molecule has 3 heteroatoms. The van der Waals surface area contributed by atoms with Gasteiger partial charge < -0.3 is 4.74 Å². The minimum atomic E-state index is -1.79. The normalized spacial score (nSPS) is 17.8. The summed E-state index contributed by atoms with van der Waals surface area (Å²) in [6.45, 7) is 30.9. The van der Waals surface area contributed by atoms with Gasteiger partial charge in [-0.1, -0.05) is 116 Å². The largest absolute Gasteiger partial charge is 0.489 e. The molecule has 0 spiro atoms. The maximum atomic E-state index is 6.47. The lowest BCUT2D eigenvalue weighted by molar-refractivity contribution is 0.355. The number of benzene rings is 1. The molecule has 1 aromatic rings. The van der Waals surface area contributed by atoms with Crippen LogP contribution in [0, 0.1) is 6.92 Å². The number of hydrogen-bond donors (Lipinski definition) is 0. The Bertz CT molecular complexity index is 858. The van der Waals surface area contributed by atoms with Crippen molar-refractivity contribution < 1.29 is 4.74 Å². The van der Waals surface area contributed by atoms with Crippen LogP contribution >= 0.6 is 0 Å². The second-order valence-corrected chi connectivity index (χ2v) is 22.8. The highest BCUT2D eigenvalue weighted by atomic mass is 28.3. The fourth-order valence-corrected chi connectivity index (χ4v) is 7.55. The number of rotatable bonds is 7. The van der Waals surface area contributed by atoms with Crippen molar-refractivity contribution in [3.8, 4) is 5.75 Å². The van der Waals surface area contributed by atoms with Gasteiger partial charge in [-0.15, -0.1) is 0 Å². The minimum absolute atomic E-state index is 0.107. The monoisotopic (exact) mass is 440 g/mol. The molecule has 1 aliphatic carbocycles. The quantitative estimate of drug-likeness (QED) is 0.311. The van der Waals surface area contributed by atoms with Crippen molar-refractivity contribution in [2.45, 2.75) is 90.3 Å². The Kier molecular flexibility index (Phi) is 6.91. The van der Waals surface area contributed by atoms with Crippen molar-refractivity contribution in [1.29, 1.82) is 0 Å². The van der Waals surface area contributed by atoms with Gasteiger partial charge in [-0.2, -0.15) is 0 Å². The first-order valence-electron chi connectivity index (χ1n) is 11.3. The lowest BCUT2D eigenvalue weighted by Gasteiger charge is -2.40. The second kappa shape index (κ2) is 8.31. The maximum absolute atomic E-state index is 6.47. The summed E-state index contributed by atoms with van der Waals surface area (Å²) in [5.74, 6) is 1.10. The maximum Gasteiger partial charge on any atom is 0.123 e. The van der Waals surface area contributed by atoms with Crippen molar-refractivity contribution in [2.75, 3.05) is 6.61 Å². The van der Waals surface area contributed by atoms with Crippen LogP contribution in [0.1, 0.15) is 45.7 Å². The first kappa shape index (κ1) is 24.9. The molecule has 1 unspecified atom stereocenters. The molecule has 0 radical (unpaired) electrons. The van der Waals surface area contributed by atoms with Crippen molar-refractivity contribution in [3.05, 3.63) is 59.7 Å². The fourth-order valence-electron chi connectivity index (χ4n) is 4.03. The number of hydrogen-bond acceptors (Lipinski definition) is 1. The number of ether oxygens (including phenoxy) is 1. The molecule has 0 aromatic heterocycles. The van der Waals surface area contributed by atoms with Gasteiger partial charge in [0.15, 0.2) is 0 Å².